The number of aromatic nitrogens is 1. The summed E-state index contributed by atoms with van der Waals surface area (Å²) >= 11 is 0. The first-order valence-electron chi connectivity index (χ1n) is 8.37. The molecule has 0 saturated carbocycles. The van der Waals surface area contributed by atoms with Crippen LogP contribution in [-0.4, -0.2) is 50.6 Å². The van der Waals surface area contributed by atoms with Gasteiger partial charge in [-0.25, -0.2) is 8.42 Å². The Morgan fingerprint density at radius 3 is 2.19 bits per heavy atom. The number of anilines is 1. The van der Waals surface area contributed by atoms with E-state index in [2.05, 4.69) is 4.98 Å². The minimum Gasteiger partial charge on any atom is -0.344 e. The molecule has 0 bridgehead atoms. The SMILES string of the molecule is Cc1cccc(C)c1N(CC(=O)N(C)CCc1ccncc1)S(C)(=O)=O. The van der Waals surface area contributed by atoms with E-state index in [1.165, 1.54) is 4.31 Å². The zero-order valence-electron chi connectivity index (χ0n) is 15.6. The molecule has 1 heterocycles. The number of nitrogens with zero attached hydrogens (tertiary/aromatic N) is 3. The van der Waals surface area contributed by atoms with Crippen molar-refractivity contribution < 1.29 is 13.2 Å². The van der Waals surface area contributed by atoms with Gasteiger partial charge in [0.15, 0.2) is 0 Å². The van der Waals surface area contributed by atoms with Gasteiger partial charge in [-0.05, 0) is 49.1 Å². The smallest absolute Gasteiger partial charge is 0.243 e. The number of carbonyl (C=O) groups excluding carboxylic acids is 1. The summed E-state index contributed by atoms with van der Waals surface area (Å²) in [6.45, 7) is 3.99. The van der Waals surface area contributed by atoms with Crippen LogP contribution in [0.1, 0.15) is 16.7 Å². The fourth-order valence-electron chi connectivity index (χ4n) is 2.78. The Bertz CT molecular complexity index is 847. The monoisotopic (exact) mass is 375 g/mol. The molecule has 0 aliphatic rings. The summed E-state index contributed by atoms with van der Waals surface area (Å²) < 4.78 is 25.8. The highest BCUT2D eigenvalue weighted by Gasteiger charge is 2.25. The van der Waals surface area contributed by atoms with Crippen LogP contribution in [0.5, 0.6) is 0 Å². The third-order valence-electron chi connectivity index (χ3n) is 4.28. The topological polar surface area (TPSA) is 70.6 Å². The van der Waals surface area contributed by atoms with Crippen molar-refractivity contribution in [1.82, 2.24) is 9.88 Å². The second-order valence-electron chi connectivity index (χ2n) is 6.43. The van der Waals surface area contributed by atoms with Crippen LogP contribution in [0, 0.1) is 13.8 Å². The van der Waals surface area contributed by atoms with E-state index in [-0.39, 0.29) is 12.5 Å². The first-order valence-corrected chi connectivity index (χ1v) is 10.2. The van der Waals surface area contributed by atoms with Crippen LogP contribution >= 0.6 is 0 Å². The highest BCUT2D eigenvalue weighted by molar-refractivity contribution is 7.92. The Hall–Kier alpha value is -2.41. The van der Waals surface area contributed by atoms with E-state index in [1.54, 1.807) is 24.3 Å². The van der Waals surface area contributed by atoms with Gasteiger partial charge in [-0.1, -0.05) is 18.2 Å². The molecule has 2 aromatic rings. The second-order valence-corrected chi connectivity index (χ2v) is 8.34. The molecule has 140 valence electrons. The van der Waals surface area contributed by atoms with Crippen LogP contribution in [0.15, 0.2) is 42.7 Å². The molecule has 1 amide bonds. The first kappa shape index (κ1) is 19.9. The maximum Gasteiger partial charge on any atom is 0.243 e. The normalized spacial score (nSPS) is 11.2. The highest BCUT2D eigenvalue weighted by atomic mass is 32.2. The molecule has 0 radical (unpaired) electrons. The molecule has 1 aromatic heterocycles. The number of sulfonamides is 1. The van der Waals surface area contributed by atoms with Gasteiger partial charge < -0.3 is 4.90 Å². The molecule has 0 spiro atoms. The molecule has 0 saturated heterocycles. The van der Waals surface area contributed by atoms with Crippen molar-refractivity contribution in [2.45, 2.75) is 20.3 Å². The lowest BCUT2D eigenvalue weighted by Gasteiger charge is -2.27. The molecule has 2 rings (SSSR count). The quantitative estimate of drug-likeness (QED) is 0.744. The van der Waals surface area contributed by atoms with Crippen molar-refractivity contribution in [3.63, 3.8) is 0 Å². The second kappa shape index (κ2) is 8.31. The molecule has 0 aliphatic heterocycles. The standard InChI is InChI=1S/C19H25N3O3S/c1-15-6-5-7-16(2)19(15)22(26(4,24)25)14-18(23)21(3)13-10-17-8-11-20-12-9-17/h5-9,11-12H,10,13-14H2,1-4H3. The third-order valence-corrected chi connectivity index (χ3v) is 5.39. The zero-order valence-corrected chi connectivity index (χ0v) is 16.5. The van der Waals surface area contributed by atoms with Crippen molar-refractivity contribution >= 4 is 21.6 Å². The molecular formula is C19H25N3O3S. The van der Waals surface area contributed by atoms with Crippen molar-refractivity contribution in [2.24, 2.45) is 0 Å². The lowest BCUT2D eigenvalue weighted by Crippen LogP contribution is -2.42. The van der Waals surface area contributed by atoms with Crippen LogP contribution < -0.4 is 4.31 Å². The minimum absolute atomic E-state index is 0.211. The van der Waals surface area contributed by atoms with Gasteiger partial charge in [0.1, 0.15) is 6.54 Å². The number of likely N-dealkylation sites (N-methyl/N-ethyl adjacent to an activating group) is 1. The zero-order chi connectivity index (χ0) is 19.3. The molecule has 7 heteroatoms. The number of benzene rings is 1. The van der Waals surface area contributed by atoms with Crippen LogP contribution in [0.25, 0.3) is 0 Å². The maximum atomic E-state index is 12.6. The van der Waals surface area contributed by atoms with Crippen molar-refractivity contribution in [3.05, 3.63) is 59.4 Å². The minimum atomic E-state index is -3.58. The van der Waals surface area contributed by atoms with Crippen LogP contribution in [0.4, 0.5) is 5.69 Å². The Kier molecular flexibility index (Phi) is 6.37. The van der Waals surface area contributed by atoms with Crippen molar-refractivity contribution in [3.8, 4) is 0 Å². The van der Waals surface area contributed by atoms with Gasteiger partial charge in [-0.3, -0.25) is 14.1 Å². The molecule has 0 aliphatic carbocycles. The first-order chi connectivity index (χ1) is 12.2. The average Bonchev–Trinajstić information content (AvgIpc) is 2.58. The highest BCUT2D eigenvalue weighted by Crippen LogP contribution is 2.26. The van der Waals surface area contributed by atoms with Crippen LogP contribution in [-0.2, 0) is 21.2 Å². The number of hydrogen-bond acceptors (Lipinski definition) is 4. The Balaban J connectivity index is 2.14. The van der Waals surface area contributed by atoms with Crippen molar-refractivity contribution in [2.75, 3.05) is 30.7 Å². The fraction of sp³-hybridized carbons (Fsp3) is 0.368. The molecule has 1 aromatic carbocycles. The summed E-state index contributed by atoms with van der Waals surface area (Å²) in [5, 5.41) is 0. The number of aryl methyl sites for hydroxylation is 2. The van der Waals surface area contributed by atoms with Crippen LogP contribution in [0.2, 0.25) is 0 Å². The van der Waals surface area contributed by atoms with Gasteiger partial charge in [0.2, 0.25) is 15.9 Å². The number of hydrogen-bond donors (Lipinski definition) is 0. The van der Waals surface area contributed by atoms with E-state index in [4.69, 9.17) is 0 Å². The molecule has 0 fully saturated rings. The van der Waals surface area contributed by atoms with E-state index in [1.807, 2.05) is 44.2 Å². The average molecular weight is 375 g/mol. The summed E-state index contributed by atoms with van der Waals surface area (Å²) in [5.41, 5.74) is 3.30. The van der Waals surface area contributed by atoms with E-state index in [0.717, 1.165) is 22.9 Å². The maximum absolute atomic E-state index is 12.6. The molecule has 0 N–H and O–H groups in total. The largest absolute Gasteiger partial charge is 0.344 e. The van der Waals surface area contributed by atoms with Gasteiger partial charge in [0.25, 0.3) is 0 Å². The summed E-state index contributed by atoms with van der Waals surface area (Å²) in [7, 11) is -1.89. The van der Waals surface area contributed by atoms with Gasteiger partial charge >= 0.3 is 0 Å². The number of carbonyl (C=O) groups is 1. The van der Waals surface area contributed by atoms with E-state index in [0.29, 0.717) is 18.7 Å². The number of pyridine rings is 1. The molecule has 26 heavy (non-hydrogen) atoms. The summed E-state index contributed by atoms with van der Waals surface area (Å²) in [6.07, 6.45) is 5.24. The van der Waals surface area contributed by atoms with E-state index in [9.17, 15) is 13.2 Å². The molecule has 0 unspecified atom stereocenters. The third kappa shape index (κ3) is 5.05. The predicted molar refractivity (Wildman–Crippen MR) is 104 cm³/mol. The molecular weight excluding hydrogens is 350 g/mol. The van der Waals surface area contributed by atoms with E-state index >= 15 is 0 Å². The Morgan fingerprint density at radius 2 is 1.65 bits per heavy atom. The van der Waals surface area contributed by atoms with Gasteiger partial charge in [0, 0.05) is 26.0 Å². The summed E-state index contributed by atoms with van der Waals surface area (Å²) in [5.74, 6) is -0.243. The lowest BCUT2D eigenvalue weighted by atomic mass is 10.1. The Labute approximate surface area is 155 Å². The van der Waals surface area contributed by atoms with Crippen molar-refractivity contribution in [1.29, 1.82) is 0 Å². The lowest BCUT2D eigenvalue weighted by molar-refractivity contribution is -0.128. The van der Waals surface area contributed by atoms with Crippen LogP contribution in [0.3, 0.4) is 0 Å². The molecule has 0 atom stereocenters. The van der Waals surface area contributed by atoms with Gasteiger partial charge in [-0.15, -0.1) is 0 Å². The Morgan fingerprint density at radius 1 is 1.08 bits per heavy atom. The number of amides is 1. The number of rotatable bonds is 7. The van der Waals surface area contributed by atoms with E-state index < -0.39 is 10.0 Å². The summed E-state index contributed by atoms with van der Waals surface area (Å²) in [4.78, 5) is 18.2. The summed E-state index contributed by atoms with van der Waals surface area (Å²) in [6, 6.07) is 9.36. The van der Waals surface area contributed by atoms with Gasteiger partial charge in [0.05, 0.1) is 11.9 Å². The van der Waals surface area contributed by atoms with Gasteiger partial charge in [-0.2, -0.15) is 0 Å². The fourth-order valence-corrected chi connectivity index (χ4v) is 3.74. The number of para-hydroxylation sites is 1. The predicted octanol–water partition coefficient (Wildman–Crippen LogP) is 2.17. The molecule has 6 nitrogen and oxygen atoms in total.